The molecule has 0 aliphatic heterocycles. The van der Waals surface area contributed by atoms with E-state index in [2.05, 4.69) is 0 Å². The van der Waals surface area contributed by atoms with Crippen LogP contribution in [0.2, 0.25) is 0 Å². The standard InChI is InChI=1S/C23H32O4/c1-17-12-20(22(24)26-15-18-8-4-2-5-9-18)14-21(13-17)23(25)27-16-19-10-6-3-7-11-19/h12-14,18-19H,2-11,15-16H2,1H3. The first kappa shape index (κ1) is 19.9. The van der Waals surface area contributed by atoms with Crippen molar-refractivity contribution in [1.29, 1.82) is 0 Å². The molecule has 0 amide bonds. The lowest BCUT2D eigenvalue weighted by atomic mass is 9.90. The Kier molecular flexibility index (Phi) is 7.31. The quantitative estimate of drug-likeness (QED) is 0.621. The maximum Gasteiger partial charge on any atom is 0.338 e. The third-order valence-electron chi connectivity index (χ3n) is 5.90. The molecule has 0 heterocycles. The van der Waals surface area contributed by atoms with Crippen molar-refractivity contribution in [2.75, 3.05) is 13.2 Å². The van der Waals surface area contributed by atoms with Crippen LogP contribution in [0.3, 0.4) is 0 Å². The summed E-state index contributed by atoms with van der Waals surface area (Å²) >= 11 is 0. The Morgan fingerprint density at radius 2 is 1.15 bits per heavy atom. The van der Waals surface area contributed by atoms with E-state index < -0.39 is 0 Å². The summed E-state index contributed by atoms with van der Waals surface area (Å²) in [5.41, 5.74) is 1.75. The highest BCUT2D eigenvalue weighted by Crippen LogP contribution is 2.25. The topological polar surface area (TPSA) is 52.6 Å². The number of carbonyl (C=O) groups excluding carboxylic acids is 2. The summed E-state index contributed by atoms with van der Waals surface area (Å²) in [7, 11) is 0. The summed E-state index contributed by atoms with van der Waals surface area (Å²) in [5, 5.41) is 0. The van der Waals surface area contributed by atoms with E-state index in [9.17, 15) is 9.59 Å². The summed E-state index contributed by atoms with van der Waals surface area (Å²) in [5.74, 6) is 0.274. The van der Waals surface area contributed by atoms with Crippen LogP contribution in [-0.2, 0) is 9.47 Å². The predicted octanol–water partition coefficient (Wildman–Crippen LogP) is 5.47. The number of hydrogen-bond acceptors (Lipinski definition) is 4. The van der Waals surface area contributed by atoms with E-state index in [4.69, 9.17) is 9.47 Å². The summed E-state index contributed by atoms with van der Waals surface area (Å²) in [4.78, 5) is 24.9. The minimum absolute atomic E-state index is 0.342. The highest BCUT2D eigenvalue weighted by Gasteiger charge is 2.19. The molecule has 148 valence electrons. The normalized spacial score (nSPS) is 18.9. The lowest BCUT2D eigenvalue weighted by Crippen LogP contribution is -2.18. The van der Waals surface area contributed by atoms with Crippen molar-refractivity contribution in [2.24, 2.45) is 11.8 Å². The number of aryl methyl sites for hydroxylation is 1. The minimum atomic E-state index is -0.342. The first-order valence-electron chi connectivity index (χ1n) is 10.6. The molecule has 2 aliphatic carbocycles. The molecule has 1 aromatic carbocycles. The molecule has 2 aliphatic rings. The molecule has 3 rings (SSSR count). The van der Waals surface area contributed by atoms with E-state index in [1.165, 1.54) is 38.5 Å². The number of hydrogen-bond donors (Lipinski definition) is 0. The van der Waals surface area contributed by atoms with Crippen molar-refractivity contribution < 1.29 is 19.1 Å². The van der Waals surface area contributed by atoms with Crippen molar-refractivity contribution in [3.8, 4) is 0 Å². The monoisotopic (exact) mass is 372 g/mol. The molecule has 4 heteroatoms. The van der Waals surface area contributed by atoms with Gasteiger partial charge in [0, 0.05) is 0 Å². The van der Waals surface area contributed by atoms with E-state index in [0.717, 1.165) is 31.2 Å². The molecule has 27 heavy (non-hydrogen) atoms. The predicted molar refractivity (Wildman–Crippen MR) is 105 cm³/mol. The van der Waals surface area contributed by atoms with E-state index in [0.29, 0.717) is 36.2 Å². The Morgan fingerprint density at radius 1 is 0.741 bits per heavy atom. The fourth-order valence-electron chi connectivity index (χ4n) is 4.28. The average molecular weight is 373 g/mol. The molecular weight excluding hydrogens is 340 g/mol. The van der Waals surface area contributed by atoms with Crippen molar-refractivity contribution in [3.63, 3.8) is 0 Å². The molecule has 1 aromatic rings. The highest BCUT2D eigenvalue weighted by molar-refractivity contribution is 5.95. The Labute approximate surface area is 162 Å². The van der Waals surface area contributed by atoms with Gasteiger partial charge in [-0.3, -0.25) is 0 Å². The second-order valence-electron chi connectivity index (χ2n) is 8.29. The third kappa shape index (κ3) is 6.08. The van der Waals surface area contributed by atoms with Gasteiger partial charge in [-0.05, 0) is 68.2 Å². The zero-order chi connectivity index (χ0) is 19.1. The average Bonchev–Trinajstić information content (AvgIpc) is 2.71. The van der Waals surface area contributed by atoms with Crippen LogP contribution in [0.15, 0.2) is 18.2 Å². The molecule has 0 saturated heterocycles. The van der Waals surface area contributed by atoms with Crippen molar-refractivity contribution >= 4 is 11.9 Å². The fraction of sp³-hybridized carbons (Fsp3) is 0.652. The highest BCUT2D eigenvalue weighted by atomic mass is 16.5. The third-order valence-corrected chi connectivity index (χ3v) is 5.90. The van der Waals surface area contributed by atoms with Crippen molar-refractivity contribution in [2.45, 2.75) is 71.1 Å². The van der Waals surface area contributed by atoms with Crippen molar-refractivity contribution in [1.82, 2.24) is 0 Å². The lowest BCUT2D eigenvalue weighted by molar-refractivity contribution is 0.0407. The summed E-state index contributed by atoms with van der Waals surface area (Å²) in [6, 6.07) is 5.17. The van der Waals surface area contributed by atoms with Gasteiger partial charge in [0.1, 0.15) is 0 Å². The van der Waals surface area contributed by atoms with Crippen LogP contribution in [0.4, 0.5) is 0 Å². The summed E-state index contributed by atoms with van der Waals surface area (Å²) < 4.78 is 11.0. The number of ether oxygens (including phenoxy) is 2. The van der Waals surface area contributed by atoms with Gasteiger partial charge in [0.25, 0.3) is 0 Å². The maximum absolute atomic E-state index is 12.4. The zero-order valence-electron chi connectivity index (χ0n) is 16.5. The van der Waals surface area contributed by atoms with Crippen LogP contribution in [0, 0.1) is 18.8 Å². The molecule has 0 spiro atoms. The van der Waals surface area contributed by atoms with Crippen LogP contribution >= 0.6 is 0 Å². The van der Waals surface area contributed by atoms with E-state index >= 15 is 0 Å². The maximum atomic E-state index is 12.4. The second kappa shape index (κ2) is 9.91. The largest absolute Gasteiger partial charge is 0.462 e. The van der Waals surface area contributed by atoms with Gasteiger partial charge in [0.15, 0.2) is 0 Å². The molecule has 0 aromatic heterocycles. The first-order valence-corrected chi connectivity index (χ1v) is 10.6. The lowest BCUT2D eigenvalue weighted by Gasteiger charge is -2.21. The molecule has 2 saturated carbocycles. The fourth-order valence-corrected chi connectivity index (χ4v) is 4.28. The van der Waals surface area contributed by atoms with E-state index in [1.54, 1.807) is 18.2 Å². The Bertz CT molecular complexity index is 588. The van der Waals surface area contributed by atoms with Gasteiger partial charge >= 0.3 is 11.9 Å². The van der Waals surface area contributed by atoms with Crippen LogP contribution in [0.1, 0.15) is 90.5 Å². The van der Waals surface area contributed by atoms with Crippen LogP contribution < -0.4 is 0 Å². The Hall–Kier alpha value is -1.84. The first-order chi connectivity index (χ1) is 13.1. The molecule has 0 unspecified atom stereocenters. The van der Waals surface area contributed by atoms with E-state index in [1.807, 2.05) is 6.92 Å². The van der Waals surface area contributed by atoms with Gasteiger partial charge in [-0.15, -0.1) is 0 Å². The number of esters is 2. The van der Waals surface area contributed by atoms with Gasteiger partial charge in [-0.25, -0.2) is 9.59 Å². The van der Waals surface area contributed by atoms with Gasteiger partial charge in [-0.2, -0.15) is 0 Å². The van der Waals surface area contributed by atoms with Crippen LogP contribution in [-0.4, -0.2) is 25.2 Å². The molecule has 0 atom stereocenters. The van der Waals surface area contributed by atoms with Crippen LogP contribution in [0.5, 0.6) is 0 Å². The van der Waals surface area contributed by atoms with Crippen molar-refractivity contribution in [3.05, 3.63) is 34.9 Å². The molecule has 0 bridgehead atoms. The van der Waals surface area contributed by atoms with Gasteiger partial charge < -0.3 is 9.47 Å². The Balaban J connectivity index is 1.55. The molecule has 2 fully saturated rings. The van der Waals surface area contributed by atoms with Gasteiger partial charge in [0.2, 0.25) is 0 Å². The zero-order valence-corrected chi connectivity index (χ0v) is 16.5. The molecule has 4 nitrogen and oxygen atoms in total. The number of carbonyl (C=O) groups is 2. The number of rotatable bonds is 6. The summed E-state index contributed by atoms with van der Waals surface area (Å²) in [6.07, 6.45) is 12.0. The smallest absolute Gasteiger partial charge is 0.338 e. The van der Waals surface area contributed by atoms with Gasteiger partial charge in [-0.1, -0.05) is 38.5 Å². The van der Waals surface area contributed by atoms with E-state index in [-0.39, 0.29) is 11.9 Å². The Morgan fingerprint density at radius 3 is 1.56 bits per heavy atom. The van der Waals surface area contributed by atoms with Crippen LogP contribution in [0.25, 0.3) is 0 Å². The van der Waals surface area contributed by atoms with Gasteiger partial charge in [0.05, 0.1) is 24.3 Å². The SMILES string of the molecule is Cc1cc(C(=O)OCC2CCCCC2)cc(C(=O)OCC2CCCCC2)c1. The molecular formula is C23H32O4. The molecule has 0 radical (unpaired) electrons. The number of benzene rings is 1. The second-order valence-corrected chi connectivity index (χ2v) is 8.29. The minimum Gasteiger partial charge on any atom is -0.462 e. The summed E-state index contributed by atoms with van der Waals surface area (Å²) in [6.45, 7) is 2.85. The molecule has 0 N–H and O–H groups in total.